The Bertz CT molecular complexity index is 581. The molecule has 1 aromatic rings. The van der Waals surface area contributed by atoms with Crippen LogP contribution in [-0.2, 0) is 11.3 Å². The summed E-state index contributed by atoms with van der Waals surface area (Å²) in [5.41, 5.74) is 1.54. The molecular formula is C17H24ClN3O2. The van der Waals surface area contributed by atoms with E-state index in [0.717, 1.165) is 30.9 Å². The van der Waals surface area contributed by atoms with Gasteiger partial charge in [-0.2, -0.15) is 0 Å². The maximum atomic E-state index is 12.7. The summed E-state index contributed by atoms with van der Waals surface area (Å²) < 4.78 is 5.20. The molecule has 2 unspecified atom stereocenters. The Hall–Kier alpha value is -1.30. The molecule has 2 fully saturated rings. The number of halogens is 1. The number of benzene rings is 1. The SMILES string of the molecule is COCc1c(Cl)cccc1NC(=O)N1CC2CCCN2CC1C. The number of hydrogen-bond acceptors (Lipinski definition) is 3. The molecule has 126 valence electrons. The predicted molar refractivity (Wildman–Crippen MR) is 91.9 cm³/mol. The molecule has 0 radical (unpaired) electrons. The van der Waals surface area contributed by atoms with E-state index < -0.39 is 0 Å². The number of urea groups is 1. The fourth-order valence-corrected chi connectivity index (χ4v) is 3.85. The second kappa shape index (κ2) is 7.07. The van der Waals surface area contributed by atoms with Crippen molar-refractivity contribution in [3.8, 4) is 0 Å². The third-order valence-corrected chi connectivity index (χ3v) is 5.20. The predicted octanol–water partition coefficient (Wildman–Crippen LogP) is 3.19. The summed E-state index contributed by atoms with van der Waals surface area (Å²) in [7, 11) is 1.62. The zero-order chi connectivity index (χ0) is 16.4. The van der Waals surface area contributed by atoms with Crippen LogP contribution in [0.1, 0.15) is 25.3 Å². The van der Waals surface area contributed by atoms with E-state index in [1.54, 1.807) is 7.11 Å². The number of carbonyl (C=O) groups is 1. The topological polar surface area (TPSA) is 44.8 Å². The summed E-state index contributed by atoms with van der Waals surface area (Å²) in [5.74, 6) is 0. The van der Waals surface area contributed by atoms with Gasteiger partial charge in [-0.25, -0.2) is 4.79 Å². The van der Waals surface area contributed by atoms with Gasteiger partial charge in [0.15, 0.2) is 0 Å². The quantitative estimate of drug-likeness (QED) is 0.921. The van der Waals surface area contributed by atoms with Gasteiger partial charge in [0, 0.05) is 48.6 Å². The van der Waals surface area contributed by atoms with E-state index in [4.69, 9.17) is 16.3 Å². The van der Waals surface area contributed by atoms with E-state index in [0.29, 0.717) is 17.7 Å². The largest absolute Gasteiger partial charge is 0.380 e. The molecule has 2 aliphatic heterocycles. The summed E-state index contributed by atoms with van der Waals surface area (Å²) in [6.45, 7) is 5.41. The molecule has 2 amide bonds. The Morgan fingerprint density at radius 3 is 3.04 bits per heavy atom. The fourth-order valence-electron chi connectivity index (χ4n) is 3.62. The summed E-state index contributed by atoms with van der Waals surface area (Å²) in [5, 5.41) is 3.63. The molecule has 0 aromatic heterocycles. The van der Waals surface area contributed by atoms with Crippen molar-refractivity contribution in [2.75, 3.05) is 32.1 Å². The molecule has 23 heavy (non-hydrogen) atoms. The molecule has 2 atom stereocenters. The average Bonchev–Trinajstić information content (AvgIpc) is 2.97. The zero-order valence-electron chi connectivity index (χ0n) is 13.7. The molecule has 0 aliphatic carbocycles. The summed E-state index contributed by atoms with van der Waals surface area (Å²) in [6, 6.07) is 6.20. The Morgan fingerprint density at radius 1 is 1.43 bits per heavy atom. The second-order valence-electron chi connectivity index (χ2n) is 6.42. The van der Waals surface area contributed by atoms with Crippen LogP contribution in [0.4, 0.5) is 10.5 Å². The van der Waals surface area contributed by atoms with Gasteiger partial charge in [-0.15, -0.1) is 0 Å². The first kappa shape index (κ1) is 16.6. The van der Waals surface area contributed by atoms with Crippen LogP contribution in [0.3, 0.4) is 0 Å². The second-order valence-corrected chi connectivity index (χ2v) is 6.83. The molecular weight excluding hydrogens is 314 g/mol. The molecule has 6 heteroatoms. The number of rotatable bonds is 3. The van der Waals surface area contributed by atoms with Crippen molar-refractivity contribution in [2.24, 2.45) is 0 Å². The third-order valence-electron chi connectivity index (χ3n) is 4.85. The van der Waals surface area contributed by atoms with Crippen molar-refractivity contribution in [2.45, 2.75) is 38.5 Å². The molecule has 1 N–H and O–H groups in total. The number of piperazine rings is 1. The third kappa shape index (κ3) is 3.47. The van der Waals surface area contributed by atoms with Gasteiger partial charge in [-0.1, -0.05) is 17.7 Å². The van der Waals surface area contributed by atoms with Crippen LogP contribution in [0.25, 0.3) is 0 Å². The monoisotopic (exact) mass is 337 g/mol. The minimum Gasteiger partial charge on any atom is -0.380 e. The smallest absolute Gasteiger partial charge is 0.322 e. The van der Waals surface area contributed by atoms with Gasteiger partial charge in [0.2, 0.25) is 0 Å². The van der Waals surface area contributed by atoms with Gasteiger partial charge in [-0.05, 0) is 38.4 Å². The van der Waals surface area contributed by atoms with Gasteiger partial charge < -0.3 is 15.0 Å². The average molecular weight is 338 g/mol. The lowest BCUT2D eigenvalue weighted by atomic mass is 10.1. The first-order chi connectivity index (χ1) is 11.1. The molecule has 0 bridgehead atoms. The maximum absolute atomic E-state index is 12.7. The molecule has 3 rings (SSSR count). The first-order valence-electron chi connectivity index (χ1n) is 8.18. The van der Waals surface area contributed by atoms with Gasteiger partial charge >= 0.3 is 6.03 Å². The highest BCUT2D eigenvalue weighted by Gasteiger charge is 2.36. The lowest BCUT2D eigenvalue weighted by molar-refractivity contribution is 0.0861. The summed E-state index contributed by atoms with van der Waals surface area (Å²) in [6.07, 6.45) is 2.42. The summed E-state index contributed by atoms with van der Waals surface area (Å²) in [4.78, 5) is 17.2. The number of anilines is 1. The van der Waals surface area contributed by atoms with Crippen molar-refractivity contribution in [3.63, 3.8) is 0 Å². The van der Waals surface area contributed by atoms with Gasteiger partial charge in [0.05, 0.1) is 6.61 Å². The van der Waals surface area contributed by atoms with Crippen molar-refractivity contribution in [1.82, 2.24) is 9.80 Å². The highest BCUT2D eigenvalue weighted by atomic mass is 35.5. The minimum absolute atomic E-state index is 0.0522. The number of fused-ring (bicyclic) bond motifs is 1. The van der Waals surface area contributed by atoms with E-state index in [1.807, 2.05) is 23.1 Å². The zero-order valence-corrected chi connectivity index (χ0v) is 14.5. The van der Waals surface area contributed by atoms with Crippen LogP contribution in [0.5, 0.6) is 0 Å². The van der Waals surface area contributed by atoms with E-state index >= 15 is 0 Å². The van der Waals surface area contributed by atoms with Crippen LogP contribution in [-0.4, -0.2) is 54.7 Å². The molecule has 1 aromatic carbocycles. The standard InChI is InChI=1S/C17H24ClN3O2/c1-12-9-20-8-4-5-13(20)10-21(12)17(22)19-16-7-3-6-15(18)14(16)11-23-2/h3,6-7,12-13H,4-5,8-11H2,1-2H3,(H,19,22). The van der Waals surface area contributed by atoms with Crippen molar-refractivity contribution in [3.05, 3.63) is 28.8 Å². The van der Waals surface area contributed by atoms with Crippen LogP contribution >= 0.6 is 11.6 Å². The van der Waals surface area contributed by atoms with E-state index in [2.05, 4.69) is 17.1 Å². The molecule has 0 saturated carbocycles. The number of methoxy groups -OCH3 is 1. The Kier molecular flexibility index (Phi) is 5.09. The van der Waals surface area contributed by atoms with Crippen LogP contribution in [0, 0.1) is 0 Å². The Balaban J connectivity index is 1.73. The van der Waals surface area contributed by atoms with Crippen LogP contribution < -0.4 is 5.32 Å². The molecule has 0 spiro atoms. The molecule has 2 aliphatic rings. The van der Waals surface area contributed by atoms with Gasteiger partial charge in [0.1, 0.15) is 0 Å². The van der Waals surface area contributed by atoms with Gasteiger partial charge in [-0.3, -0.25) is 4.90 Å². The number of amides is 2. The van der Waals surface area contributed by atoms with E-state index in [9.17, 15) is 4.79 Å². The highest BCUT2D eigenvalue weighted by Crippen LogP contribution is 2.28. The van der Waals surface area contributed by atoms with Crippen molar-refractivity contribution >= 4 is 23.3 Å². The number of nitrogens with zero attached hydrogens (tertiary/aromatic N) is 2. The minimum atomic E-state index is -0.0522. The van der Waals surface area contributed by atoms with Gasteiger partial charge in [0.25, 0.3) is 0 Å². The van der Waals surface area contributed by atoms with E-state index in [1.165, 1.54) is 12.8 Å². The van der Waals surface area contributed by atoms with Crippen LogP contribution in [0.15, 0.2) is 18.2 Å². The highest BCUT2D eigenvalue weighted by molar-refractivity contribution is 6.31. The van der Waals surface area contributed by atoms with Crippen LogP contribution in [0.2, 0.25) is 5.02 Å². The fraction of sp³-hybridized carbons (Fsp3) is 0.588. The van der Waals surface area contributed by atoms with Crippen molar-refractivity contribution < 1.29 is 9.53 Å². The Morgan fingerprint density at radius 2 is 2.26 bits per heavy atom. The molecule has 5 nitrogen and oxygen atoms in total. The molecule has 2 heterocycles. The maximum Gasteiger partial charge on any atom is 0.322 e. The summed E-state index contributed by atoms with van der Waals surface area (Å²) >= 11 is 6.23. The first-order valence-corrected chi connectivity index (χ1v) is 8.56. The lowest BCUT2D eigenvalue weighted by Crippen LogP contribution is -2.57. The number of carbonyl (C=O) groups excluding carboxylic acids is 1. The lowest BCUT2D eigenvalue weighted by Gasteiger charge is -2.42. The number of ether oxygens (including phenoxy) is 1. The Labute approximate surface area is 142 Å². The van der Waals surface area contributed by atoms with E-state index in [-0.39, 0.29) is 12.1 Å². The number of hydrogen-bond donors (Lipinski definition) is 1. The van der Waals surface area contributed by atoms with Crippen molar-refractivity contribution in [1.29, 1.82) is 0 Å². The normalized spacial score (nSPS) is 24.6. The number of nitrogens with one attached hydrogen (secondary N) is 1. The molecule has 2 saturated heterocycles.